The first-order valence-electron chi connectivity index (χ1n) is 9.24. The largest absolute Gasteiger partial charge is 0.416 e. The van der Waals surface area contributed by atoms with Crippen LogP contribution < -0.4 is 5.32 Å². The number of alkyl halides is 3. The fraction of sp³-hybridized carbons (Fsp3) is 0.600. The van der Waals surface area contributed by atoms with Gasteiger partial charge in [-0.15, -0.1) is 0 Å². The molecule has 1 fully saturated rings. The second-order valence-corrected chi connectivity index (χ2v) is 8.49. The lowest BCUT2D eigenvalue weighted by Gasteiger charge is -2.29. The number of benzene rings is 1. The number of nitrogens with one attached hydrogen (secondary N) is 1. The van der Waals surface area contributed by atoms with Crippen molar-refractivity contribution in [2.75, 3.05) is 33.7 Å². The normalized spacial score (nSPS) is 18.1. The third-order valence-electron chi connectivity index (χ3n) is 4.70. The van der Waals surface area contributed by atoms with Crippen LogP contribution in [0.5, 0.6) is 0 Å². The molecule has 1 aromatic rings. The second-order valence-electron chi connectivity index (χ2n) is 8.49. The van der Waals surface area contributed by atoms with Gasteiger partial charge in [0.2, 0.25) is 11.8 Å². The Morgan fingerprint density at radius 2 is 1.96 bits per heavy atom. The Labute approximate surface area is 163 Å². The van der Waals surface area contributed by atoms with E-state index in [1.54, 1.807) is 6.07 Å². The SMILES string of the molecule is CN(C)CC(C)(C)CNC(=O)C1CC(=O)N(Cc2cccc(C(F)(F)F)c2)C1. The van der Waals surface area contributed by atoms with E-state index in [4.69, 9.17) is 0 Å². The van der Waals surface area contributed by atoms with Crippen LogP contribution in [-0.4, -0.2) is 55.3 Å². The van der Waals surface area contributed by atoms with Crippen LogP contribution in [0.2, 0.25) is 0 Å². The van der Waals surface area contributed by atoms with Crippen molar-refractivity contribution in [2.24, 2.45) is 11.3 Å². The van der Waals surface area contributed by atoms with Gasteiger partial charge in [-0.25, -0.2) is 0 Å². The van der Waals surface area contributed by atoms with Crippen LogP contribution >= 0.6 is 0 Å². The number of amides is 2. The number of carbonyl (C=O) groups is 2. The van der Waals surface area contributed by atoms with Gasteiger partial charge in [0, 0.05) is 32.6 Å². The molecule has 1 N–H and O–H groups in total. The summed E-state index contributed by atoms with van der Waals surface area (Å²) >= 11 is 0. The molecular formula is C20H28F3N3O2. The van der Waals surface area contributed by atoms with Crippen molar-refractivity contribution in [3.63, 3.8) is 0 Å². The minimum atomic E-state index is -4.42. The van der Waals surface area contributed by atoms with E-state index in [1.165, 1.54) is 11.0 Å². The molecule has 1 heterocycles. The van der Waals surface area contributed by atoms with E-state index in [1.807, 2.05) is 32.8 Å². The Kier molecular flexibility index (Phi) is 6.75. The highest BCUT2D eigenvalue weighted by Crippen LogP contribution is 2.30. The summed E-state index contributed by atoms with van der Waals surface area (Å²) in [6, 6.07) is 4.93. The summed E-state index contributed by atoms with van der Waals surface area (Å²) in [6.07, 6.45) is -4.34. The molecule has 0 aromatic heterocycles. The number of carbonyl (C=O) groups excluding carboxylic acids is 2. The van der Waals surface area contributed by atoms with Crippen molar-refractivity contribution in [2.45, 2.75) is 33.0 Å². The maximum atomic E-state index is 12.8. The summed E-state index contributed by atoms with van der Waals surface area (Å²) in [7, 11) is 3.93. The molecule has 0 radical (unpaired) electrons. The zero-order valence-corrected chi connectivity index (χ0v) is 16.8. The topological polar surface area (TPSA) is 52.7 Å². The molecule has 2 amide bonds. The summed E-state index contributed by atoms with van der Waals surface area (Å²) < 4.78 is 38.5. The number of hydrogen-bond acceptors (Lipinski definition) is 3. The maximum absolute atomic E-state index is 12.8. The third-order valence-corrected chi connectivity index (χ3v) is 4.70. The Bertz CT molecular complexity index is 717. The van der Waals surface area contributed by atoms with Crippen molar-refractivity contribution in [3.8, 4) is 0 Å². The summed E-state index contributed by atoms with van der Waals surface area (Å²) in [5, 5.41) is 2.91. The molecule has 1 aliphatic heterocycles. The van der Waals surface area contributed by atoms with Gasteiger partial charge in [-0.3, -0.25) is 9.59 Å². The van der Waals surface area contributed by atoms with Crippen LogP contribution in [0.4, 0.5) is 13.2 Å². The van der Waals surface area contributed by atoms with Crippen molar-refractivity contribution in [1.82, 2.24) is 15.1 Å². The zero-order chi connectivity index (χ0) is 21.1. The average Bonchev–Trinajstić information content (AvgIpc) is 2.92. The molecule has 156 valence electrons. The first-order valence-corrected chi connectivity index (χ1v) is 9.24. The van der Waals surface area contributed by atoms with E-state index in [0.29, 0.717) is 12.1 Å². The van der Waals surface area contributed by atoms with E-state index in [-0.39, 0.29) is 36.7 Å². The van der Waals surface area contributed by atoms with Crippen LogP contribution in [0, 0.1) is 11.3 Å². The maximum Gasteiger partial charge on any atom is 0.416 e. The molecular weight excluding hydrogens is 371 g/mol. The summed E-state index contributed by atoms with van der Waals surface area (Å²) in [5.41, 5.74) is -0.454. The minimum Gasteiger partial charge on any atom is -0.355 e. The predicted octanol–water partition coefficient (Wildman–Crippen LogP) is 2.76. The summed E-state index contributed by atoms with van der Waals surface area (Å²) in [5.74, 6) is -0.884. The Hall–Kier alpha value is -2.09. The van der Waals surface area contributed by atoms with E-state index < -0.39 is 17.7 Å². The van der Waals surface area contributed by atoms with Gasteiger partial charge in [-0.1, -0.05) is 26.0 Å². The quantitative estimate of drug-likeness (QED) is 0.767. The van der Waals surface area contributed by atoms with Crippen molar-refractivity contribution in [3.05, 3.63) is 35.4 Å². The minimum absolute atomic E-state index is 0.0681. The van der Waals surface area contributed by atoms with E-state index in [2.05, 4.69) is 5.32 Å². The molecule has 1 aromatic carbocycles. The van der Waals surface area contributed by atoms with Gasteiger partial charge in [0.15, 0.2) is 0 Å². The standard InChI is InChI=1S/C20H28F3N3O2/c1-19(2,13-25(3)4)12-24-18(28)15-9-17(27)26(11-15)10-14-6-5-7-16(8-14)20(21,22)23/h5-8,15H,9-13H2,1-4H3,(H,24,28). The van der Waals surface area contributed by atoms with Crippen LogP contribution in [0.15, 0.2) is 24.3 Å². The van der Waals surface area contributed by atoms with Crippen LogP contribution in [0.3, 0.4) is 0 Å². The third kappa shape index (κ3) is 6.22. The Morgan fingerprint density at radius 3 is 2.57 bits per heavy atom. The van der Waals surface area contributed by atoms with E-state index in [0.717, 1.165) is 18.7 Å². The summed E-state index contributed by atoms with van der Waals surface area (Å²) in [6.45, 7) is 5.68. The lowest BCUT2D eigenvalue weighted by atomic mass is 9.92. The van der Waals surface area contributed by atoms with Gasteiger partial charge in [-0.2, -0.15) is 13.2 Å². The average molecular weight is 399 g/mol. The first-order chi connectivity index (χ1) is 12.9. The Morgan fingerprint density at radius 1 is 1.29 bits per heavy atom. The number of likely N-dealkylation sites (tertiary alicyclic amines) is 1. The molecule has 2 rings (SSSR count). The van der Waals surface area contributed by atoms with Crippen LogP contribution in [0.1, 0.15) is 31.4 Å². The fourth-order valence-electron chi connectivity index (χ4n) is 3.55. The molecule has 0 spiro atoms. The highest BCUT2D eigenvalue weighted by molar-refractivity contribution is 5.89. The lowest BCUT2D eigenvalue weighted by molar-refractivity contribution is -0.137. The monoisotopic (exact) mass is 399 g/mol. The smallest absolute Gasteiger partial charge is 0.355 e. The van der Waals surface area contributed by atoms with Gasteiger partial charge in [-0.05, 0) is 37.2 Å². The van der Waals surface area contributed by atoms with Gasteiger partial charge < -0.3 is 15.1 Å². The molecule has 8 heteroatoms. The van der Waals surface area contributed by atoms with E-state index >= 15 is 0 Å². The Balaban J connectivity index is 1.94. The van der Waals surface area contributed by atoms with Crippen molar-refractivity contribution >= 4 is 11.8 Å². The molecule has 0 bridgehead atoms. The zero-order valence-electron chi connectivity index (χ0n) is 16.8. The van der Waals surface area contributed by atoms with Crippen molar-refractivity contribution < 1.29 is 22.8 Å². The molecule has 5 nitrogen and oxygen atoms in total. The van der Waals surface area contributed by atoms with Gasteiger partial charge >= 0.3 is 6.18 Å². The highest BCUT2D eigenvalue weighted by atomic mass is 19.4. The molecule has 1 aliphatic rings. The van der Waals surface area contributed by atoms with Gasteiger partial charge in [0.25, 0.3) is 0 Å². The predicted molar refractivity (Wildman–Crippen MR) is 100 cm³/mol. The molecule has 1 atom stereocenters. The number of hydrogen-bond donors (Lipinski definition) is 1. The second kappa shape index (κ2) is 8.51. The molecule has 1 unspecified atom stereocenters. The van der Waals surface area contributed by atoms with E-state index in [9.17, 15) is 22.8 Å². The highest BCUT2D eigenvalue weighted by Gasteiger charge is 2.35. The lowest BCUT2D eigenvalue weighted by Crippen LogP contribution is -2.42. The number of halogens is 3. The van der Waals surface area contributed by atoms with Crippen molar-refractivity contribution in [1.29, 1.82) is 0 Å². The van der Waals surface area contributed by atoms with Crippen LogP contribution in [-0.2, 0) is 22.3 Å². The first kappa shape index (κ1) is 22.2. The van der Waals surface area contributed by atoms with Gasteiger partial charge in [0.05, 0.1) is 11.5 Å². The molecule has 28 heavy (non-hydrogen) atoms. The molecule has 1 saturated heterocycles. The van der Waals surface area contributed by atoms with Gasteiger partial charge in [0.1, 0.15) is 0 Å². The molecule has 0 aliphatic carbocycles. The number of nitrogens with zero attached hydrogens (tertiary/aromatic N) is 2. The summed E-state index contributed by atoms with van der Waals surface area (Å²) in [4.78, 5) is 28.2. The molecule has 0 saturated carbocycles. The van der Waals surface area contributed by atoms with Crippen LogP contribution in [0.25, 0.3) is 0 Å². The fourth-order valence-corrected chi connectivity index (χ4v) is 3.55. The number of rotatable bonds is 7.